The molecule has 0 bridgehead atoms. The van der Waals surface area contributed by atoms with Crippen molar-refractivity contribution in [1.29, 1.82) is 0 Å². The molecule has 142 valence electrons. The highest BCUT2D eigenvalue weighted by Gasteiger charge is 2.23. The zero-order valence-electron chi connectivity index (χ0n) is 17.0. The average molecular weight is 375 g/mol. The van der Waals surface area contributed by atoms with Gasteiger partial charge in [0.05, 0.1) is 5.25 Å². The fourth-order valence-corrected chi connectivity index (χ4v) is 3.29. The van der Waals surface area contributed by atoms with Gasteiger partial charge in [0.2, 0.25) is 5.91 Å². The molecule has 0 radical (unpaired) electrons. The highest BCUT2D eigenvalue weighted by molar-refractivity contribution is 8.00. The molecule has 5 nitrogen and oxygen atoms in total. The summed E-state index contributed by atoms with van der Waals surface area (Å²) in [4.78, 5) is 12.3. The molecule has 0 saturated heterocycles. The monoisotopic (exact) mass is 374 g/mol. The minimum atomic E-state index is -0.244. The minimum absolute atomic E-state index is 0.00146. The van der Waals surface area contributed by atoms with E-state index >= 15 is 0 Å². The van der Waals surface area contributed by atoms with Crippen molar-refractivity contribution in [2.24, 2.45) is 7.05 Å². The van der Waals surface area contributed by atoms with Crippen LogP contribution in [0.15, 0.2) is 29.4 Å². The van der Waals surface area contributed by atoms with E-state index in [-0.39, 0.29) is 22.1 Å². The van der Waals surface area contributed by atoms with Gasteiger partial charge in [-0.2, -0.15) is 0 Å². The smallest absolute Gasteiger partial charge is 0.233 e. The van der Waals surface area contributed by atoms with Gasteiger partial charge in [0, 0.05) is 18.2 Å². The molecule has 1 aromatic heterocycles. The van der Waals surface area contributed by atoms with Crippen LogP contribution in [0.4, 0.5) is 0 Å². The van der Waals surface area contributed by atoms with Gasteiger partial charge in [-0.25, -0.2) is 0 Å². The summed E-state index contributed by atoms with van der Waals surface area (Å²) in [5.41, 5.74) is 2.18. The molecule has 2 aromatic rings. The van der Waals surface area contributed by atoms with E-state index in [1.54, 1.807) is 0 Å². The lowest BCUT2D eigenvalue weighted by molar-refractivity contribution is -0.121. The number of hydrogen-bond acceptors (Lipinski definition) is 4. The Bertz CT molecular complexity index is 767. The van der Waals surface area contributed by atoms with Crippen molar-refractivity contribution in [2.45, 2.75) is 69.8 Å². The van der Waals surface area contributed by atoms with Crippen LogP contribution in [0.1, 0.15) is 54.0 Å². The quantitative estimate of drug-likeness (QED) is 0.816. The Hall–Kier alpha value is -1.82. The summed E-state index contributed by atoms with van der Waals surface area (Å²) in [5, 5.41) is 12.1. The molecule has 1 N–H and O–H groups in total. The average Bonchev–Trinajstić information content (AvgIpc) is 2.86. The van der Waals surface area contributed by atoms with Crippen molar-refractivity contribution in [3.05, 3.63) is 29.8 Å². The van der Waals surface area contributed by atoms with E-state index in [2.05, 4.69) is 60.6 Å². The molecule has 0 aliphatic rings. The molecule has 0 aliphatic carbocycles. The van der Waals surface area contributed by atoms with Crippen LogP contribution in [0.2, 0.25) is 0 Å². The zero-order valence-corrected chi connectivity index (χ0v) is 17.9. The first-order valence-corrected chi connectivity index (χ1v) is 9.75. The number of thioether (sulfide) groups is 1. The van der Waals surface area contributed by atoms with Crippen molar-refractivity contribution in [3.8, 4) is 11.4 Å². The van der Waals surface area contributed by atoms with E-state index in [0.717, 1.165) is 16.5 Å². The van der Waals surface area contributed by atoms with Crippen LogP contribution in [0.5, 0.6) is 0 Å². The number of aromatic nitrogens is 3. The molecule has 26 heavy (non-hydrogen) atoms. The maximum absolute atomic E-state index is 12.3. The number of nitrogens with one attached hydrogen (secondary N) is 1. The highest BCUT2D eigenvalue weighted by Crippen LogP contribution is 2.28. The molecular weight excluding hydrogens is 344 g/mol. The second kappa shape index (κ2) is 7.43. The van der Waals surface area contributed by atoms with E-state index in [4.69, 9.17) is 0 Å². The van der Waals surface area contributed by atoms with Gasteiger partial charge in [0.1, 0.15) is 0 Å². The maximum atomic E-state index is 12.3. The molecule has 1 atom stereocenters. The van der Waals surface area contributed by atoms with Gasteiger partial charge in [-0.15, -0.1) is 10.2 Å². The standard InChI is InChI=1S/C20H30N4OS/c1-13(17(25)21-20(5,6)7)26-18-23-22-16(24(18)8)14-9-11-15(12-10-14)19(2,3)4/h9-13H,1-8H3,(H,21,25)/t13-/m1/s1. The third-order valence-electron chi connectivity index (χ3n) is 3.99. The van der Waals surface area contributed by atoms with Gasteiger partial charge >= 0.3 is 0 Å². The predicted molar refractivity (Wildman–Crippen MR) is 108 cm³/mol. The fourth-order valence-electron chi connectivity index (χ4n) is 2.47. The predicted octanol–water partition coefficient (Wildman–Crippen LogP) is 4.17. The van der Waals surface area contributed by atoms with E-state index in [1.165, 1.54) is 17.3 Å². The van der Waals surface area contributed by atoms with Crippen molar-refractivity contribution in [2.75, 3.05) is 0 Å². The van der Waals surface area contributed by atoms with Crippen LogP contribution in [0.3, 0.4) is 0 Å². The fraction of sp³-hybridized carbons (Fsp3) is 0.550. The van der Waals surface area contributed by atoms with Crippen LogP contribution in [-0.2, 0) is 17.3 Å². The molecular formula is C20H30N4OS. The third-order valence-corrected chi connectivity index (χ3v) is 5.13. The summed E-state index contributed by atoms with van der Waals surface area (Å²) >= 11 is 1.42. The summed E-state index contributed by atoms with van der Waals surface area (Å²) in [6.07, 6.45) is 0. The molecule has 0 saturated carbocycles. The Morgan fingerprint density at radius 2 is 1.65 bits per heavy atom. The van der Waals surface area contributed by atoms with Crippen LogP contribution < -0.4 is 5.32 Å². The van der Waals surface area contributed by atoms with Crippen molar-refractivity contribution < 1.29 is 4.79 Å². The minimum Gasteiger partial charge on any atom is -0.351 e. The molecule has 0 fully saturated rings. The van der Waals surface area contributed by atoms with E-state index in [1.807, 2.05) is 39.3 Å². The van der Waals surface area contributed by atoms with E-state index in [0.29, 0.717) is 0 Å². The first-order chi connectivity index (χ1) is 11.9. The van der Waals surface area contributed by atoms with Crippen LogP contribution in [0.25, 0.3) is 11.4 Å². The normalized spacial score (nSPS) is 13.5. The Kier molecular flexibility index (Phi) is 5.85. The molecule has 1 heterocycles. The second-order valence-electron chi connectivity index (χ2n) is 8.69. The van der Waals surface area contributed by atoms with Crippen LogP contribution in [0, 0.1) is 0 Å². The van der Waals surface area contributed by atoms with Crippen molar-refractivity contribution in [3.63, 3.8) is 0 Å². The first kappa shape index (κ1) is 20.5. The Morgan fingerprint density at radius 3 is 2.15 bits per heavy atom. The van der Waals surface area contributed by atoms with Gasteiger partial charge in [-0.3, -0.25) is 4.79 Å². The number of carbonyl (C=O) groups is 1. The van der Waals surface area contributed by atoms with E-state index < -0.39 is 0 Å². The largest absolute Gasteiger partial charge is 0.351 e. The van der Waals surface area contributed by atoms with Gasteiger partial charge in [-0.05, 0) is 38.7 Å². The molecule has 0 unspecified atom stereocenters. The second-order valence-corrected chi connectivity index (χ2v) is 10.00. The summed E-state index contributed by atoms with van der Waals surface area (Å²) in [5.74, 6) is 0.804. The number of hydrogen-bond donors (Lipinski definition) is 1. The zero-order chi connectivity index (χ0) is 19.7. The highest BCUT2D eigenvalue weighted by atomic mass is 32.2. The van der Waals surface area contributed by atoms with Crippen molar-refractivity contribution >= 4 is 17.7 Å². The Morgan fingerprint density at radius 1 is 1.08 bits per heavy atom. The number of carbonyl (C=O) groups excluding carboxylic acids is 1. The Labute approximate surface area is 161 Å². The van der Waals surface area contributed by atoms with Crippen LogP contribution >= 0.6 is 11.8 Å². The van der Waals surface area contributed by atoms with Crippen LogP contribution in [-0.4, -0.2) is 31.5 Å². The number of rotatable bonds is 4. The number of amides is 1. The summed E-state index contributed by atoms with van der Waals surface area (Å²) in [6.45, 7) is 14.4. The molecule has 0 spiro atoms. The number of benzene rings is 1. The number of nitrogens with zero attached hydrogens (tertiary/aromatic N) is 3. The van der Waals surface area contributed by atoms with Gasteiger partial charge < -0.3 is 9.88 Å². The lowest BCUT2D eigenvalue weighted by Gasteiger charge is -2.22. The molecule has 1 amide bonds. The topological polar surface area (TPSA) is 59.8 Å². The SMILES string of the molecule is C[C@@H](Sc1nnc(-c2ccc(C(C)(C)C)cc2)n1C)C(=O)NC(C)(C)C. The van der Waals surface area contributed by atoms with E-state index in [9.17, 15) is 4.79 Å². The van der Waals surface area contributed by atoms with Gasteiger partial charge in [0.25, 0.3) is 0 Å². The summed E-state index contributed by atoms with van der Waals surface area (Å²) in [7, 11) is 1.93. The third kappa shape index (κ3) is 5.10. The molecule has 0 aliphatic heterocycles. The lowest BCUT2D eigenvalue weighted by Crippen LogP contribution is -2.44. The Balaban J connectivity index is 2.16. The van der Waals surface area contributed by atoms with Crippen molar-refractivity contribution in [1.82, 2.24) is 20.1 Å². The van der Waals surface area contributed by atoms with Gasteiger partial charge in [-0.1, -0.05) is 56.8 Å². The molecule has 6 heteroatoms. The summed E-state index contributed by atoms with van der Waals surface area (Å²) in [6, 6.07) is 8.43. The first-order valence-electron chi connectivity index (χ1n) is 8.87. The molecule has 1 aromatic carbocycles. The lowest BCUT2D eigenvalue weighted by atomic mass is 9.87. The van der Waals surface area contributed by atoms with Gasteiger partial charge in [0.15, 0.2) is 11.0 Å². The summed E-state index contributed by atoms with van der Waals surface area (Å²) < 4.78 is 1.94. The molecule has 2 rings (SSSR count). The maximum Gasteiger partial charge on any atom is 0.233 e.